The summed E-state index contributed by atoms with van der Waals surface area (Å²) in [4.78, 5) is 0. The highest BCUT2D eigenvalue weighted by Crippen LogP contribution is 2.25. The maximum atomic E-state index is 4.02. The van der Waals surface area contributed by atoms with Crippen molar-refractivity contribution in [3.05, 3.63) is 6.92 Å². The first-order valence-electron chi connectivity index (χ1n) is 4.78. The second-order valence-corrected chi connectivity index (χ2v) is 4.42. The summed E-state index contributed by atoms with van der Waals surface area (Å²) >= 11 is 0. The average molecular weight is 155 g/mol. The first kappa shape index (κ1) is 11.0. The molecule has 0 aliphatic rings. The van der Waals surface area contributed by atoms with Crippen molar-refractivity contribution >= 4 is 0 Å². The summed E-state index contributed by atoms with van der Waals surface area (Å²) in [5.74, 6) is 3.07. The number of hydrogen-bond donors (Lipinski definition) is 0. The molecule has 0 bridgehead atoms. The first-order valence-corrected chi connectivity index (χ1v) is 4.78. The van der Waals surface area contributed by atoms with E-state index in [9.17, 15) is 0 Å². The Labute approximate surface area is 72.4 Å². The monoisotopic (exact) mass is 155 g/mol. The van der Waals surface area contributed by atoms with Gasteiger partial charge in [0.1, 0.15) is 0 Å². The lowest BCUT2D eigenvalue weighted by Gasteiger charge is -2.26. The lowest BCUT2D eigenvalue weighted by atomic mass is 9.82. The SMILES string of the molecule is [CH2-]C(C)CC(C)C(C)C(C)C. The Balaban J connectivity index is 3.73. The van der Waals surface area contributed by atoms with Crippen molar-refractivity contribution in [2.75, 3.05) is 0 Å². The molecule has 0 spiro atoms. The van der Waals surface area contributed by atoms with Crippen LogP contribution in [0.1, 0.15) is 41.0 Å². The molecule has 0 aliphatic carbocycles. The average Bonchev–Trinajstić information content (AvgIpc) is 1.84. The predicted octanol–water partition coefficient (Wildman–Crippen LogP) is 3.77. The topological polar surface area (TPSA) is 0 Å². The zero-order valence-corrected chi connectivity index (χ0v) is 8.72. The maximum absolute atomic E-state index is 4.02. The highest BCUT2D eigenvalue weighted by molar-refractivity contribution is 4.68. The third-order valence-electron chi connectivity index (χ3n) is 2.72. The Bertz CT molecular complexity index is 92.2. The molecule has 3 unspecified atom stereocenters. The van der Waals surface area contributed by atoms with Gasteiger partial charge in [0.2, 0.25) is 0 Å². The van der Waals surface area contributed by atoms with E-state index in [0.29, 0.717) is 5.92 Å². The van der Waals surface area contributed by atoms with Crippen molar-refractivity contribution < 1.29 is 0 Å². The fourth-order valence-electron chi connectivity index (χ4n) is 1.51. The lowest BCUT2D eigenvalue weighted by molar-refractivity contribution is 0.265. The van der Waals surface area contributed by atoms with Gasteiger partial charge in [-0.3, -0.25) is 0 Å². The molecule has 11 heavy (non-hydrogen) atoms. The third kappa shape index (κ3) is 4.44. The Morgan fingerprint density at radius 3 is 1.73 bits per heavy atom. The summed E-state index contributed by atoms with van der Waals surface area (Å²) in [6, 6.07) is 0. The van der Waals surface area contributed by atoms with Crippen LogP contribution in [0.15, 0.2) is 0 Å². The van der Waals surface area contributed by atoms with Gasteiger partial charge in [0.25, 0.3) is 0 Å². The molecule has 0 aliphatic heterocycles. The minimum Gasteiger partial charge on any atom is -0.341 e. The van der Waals surface area contributed by atoms with Crippen LogP contribution < -0.4 is 0 Å². The molecule has 0 N–H and O–H groups in total. The van der Waals surface area contributed by atoms with Crippen molar-refractivity contribution in [2.24, 2.45) is 23.7 Å². The van der Waals surface area contributed by atoms with Crippen LogP contribution in [0.25, 0.3) is 0 Å². The van der Waals surface area contributed by atoms with Gasteiger partial charge in [-0.15, -0.1) is 0 Å². The molecule has 0 aromatic heterocycles. The smallest absolute Gasteiger partial charge is 0.0395 e. The van der Waals surface area contributed by atoms with Crippen LogP contribution >= 0.6 is 0 Å². The minimum absolute atomic E-state index is 0.603. The van der Waals surface area contributed by atoms with E-state index >= 15 is 0 Å². The van der Waals surface area contributed by atoms with Crippen LogP contribution in [-0.4, -0.2) is 0 Å². The molecule has 0 nitrogen and oxygen atoms in total. The normalized spacial score (nSPS) is 19.9. The van der Waals surface area contributed by atoms with Crippen LogP contribution in [0.3, 0.4) is 0 Å². The zero-order valence-electron chi connectivity index (χ0n) is 8.72. The van der Waals surface area contributed by atoms with E-state index in [1.165, 1.54) is 6.42 Å². The van der Waals surface area contributed by atoms with Gasteiger partial charge in [0.05, 0.1) is 0 Å². The fourth-order valence-corrected chi connectivity index (χ4v) is 1.51. The van der Waals surface area contributed by atoms with Crippen molar-refractivity contribution in [2.45, 2.75) is 41.0 Å². The van der Waals surface area contributed by atoms with Crippen molar-refractivity contribution in [3.8, 4) is 0 Å². The summed E-state index contributed by atoms with van der Waals surface area (Å²) < 4.78 is 0. The van der Waals surface area contributed by atoms with Gasteiger partial charge < -0.3 is 6.92 Å². The molecule has 0 amide bonds. The van der Waals surface area contributed by atoms with Crippen LogP contribution in [0, 0.1) is 30.6 Å². The molecule has 0 fully saturated rings. The second kappa shape index (κ2) is 4.79. The summed E-state index contributed by atoms with van der Waals surface area (Å²) in [5.41, 5.74) is 0. The zero-order chi connectivity index (χ0) is 9.02. The predicted molar refractivity (Wildman–Crippen MR) is 52.3 cm³/mol. The number of rotatable bonds is 4. The van der Waals surface area contributed by atoms with Crippen LogP contribution in [0.2, 0.25) is 0 Å². The van der Waals surface area contributed by atoms with Crippen LogP contribution in [0.4, 0.5) is 0 Å². The van der Waals surface area contributed by atoms with E-state index in [1.807, 2.05) is 0 Å². The van der Waals surface area contributed by atoms with Gasteiger partial charge in [0.15, 0.2) is 0 Å². The highest BCUT2D eigenvalue weighted by atomic mass is 14.2. The minimum atomic E-state index is 0.603. The summed E-state index contributed by atoms with van der Waals surface area (Å²) in [5, 5.41) is 0. The van der Waals surface area contributed by atoms with Gasteiger partial charge in [-0.25, -0.2) is 0 Å². The molecule has 0 heterocycles. The third-order valence-corrected chi connectivity index (χ3v) is 2.72. The lowest BCUT2D eigenvalue weighted by Crippen LogP contribution is -2.15. The fraction of sp³-hybridized carbons (Fsp3) is 0.909. The first-order chi connectivity index (χ1) is 4.95. The Morgan fingerprint density at radius 1 is 1.00 bits per heavy atom. The van der Waals surface area contributed by atoms with Crippen molar-refractivity contribution in [3.63, 3.8) is 0 Å². The molecule has 0 rings (SSSR count). The molecule has 0 heteroatoms. The van der Waals surface area contributed by atoms with Crippen molar-refractivity contribution in [1.29, 1.82) is 0 Å². The summed E-state index contributed by atoms with van der Waals surface area (Å²) in [6.45, 7) is 15.5. The van der Waals surface area contributed by atoms with Crippen LogP contribution in [-0.2, 0) is 0 Å². The molecule has 3 atom stereocenters. The van der Waals surface area contributed by atoms with Gasteiger partial charge in [-0.05, 0) is 17.8 Å². The molecule has 68 valence electrons. The highest BCUT2D eigenvalue weighted by Gasteiger charge is 2.14. The van der Waals surface area contributed by atoms with E-state index in [2.05, 4.69) is 41.5 Å². The summed E-state index contributed by atoms with van der Waals surface area (Å²) in [6.07, 6.45) is 1.26. The molecular formula is C11H23-. The van der Waals surface area contributed by atoms with E-state index in [1.54, 1.807) is 0 Å². The number of hydrogen-bond acceptors (Lipinski definition) is 0. The molecule has 0 saturated heterocycles. The van der Waals surface area contributed by atoms with E-state index in [4.69, 9.17) is 0 Å². The molecule has 0 aromatic carbocycles. The Kier molecular flexibility index (Phi) is 4.79. The van der Waals surface area contributed by atoms with E-state index in [0.717, 1.165) is 17.8 Å². The van der Waals surface area contributed by atoms with Crippen LogP contribution in [0.5, 0.6) is 0 Å². The van der Waals surface area contributed by atoms with E-state index < -0.39 is 0 Å². The maximum Gasteiger partial charge on any atom is -0.0395 e. The quantitative estimate of drug-likeness (QED) is 0.542. The van der Waals surface area contributed by atoms with Gasteiger partial charge in [-0.1, -0.05) is 41.0 Å². The molecular weight excluding hydrogens is 132 g/mol. The van der Waals surface area contributed by atoms with Gasteiger partial charge in [0, 0.05) is 0 Å². The largest absolute Gasteiger partial charge is 0.341 e. The Hall–Kier alpha value is 0. The standard InChI is InChI=1S/C11H23/c1-8(2)7-10(5)11(6)9(3)4/h8-11H,1,7H2,2-6H3/q-1. The Morgan fingerprint density at radius 2 is 1.45 bits per heavy atom. The van der Waals surface area contributed by atoms with Gasteiger partial charge >= 0.3 is 0 Å². The summed E-state index contributed by atoms with van der Waals surface area (Å²) in [7, 11) is 0. The molecule has 0 saturated carbocycles. The molecule has 0 aromatic rings. The van der Waals surface area contributed by atoms with Gasteiger partial charge in [-0.2, -0.15) is 5.92 Å². The van der Waals surface area contributed by atoms with Crippen molar-refractivity contribution in [1.82, 2.24) is 0 Å². The van der Waals surface area contributed by atoms with E-state index in [-0.39, 0.29) is 0 Å². The second-order valence-electron chi connectivity index (χ2n) is 4.42. The molecule has 0 radical (unpaired) electrons.